The van der Waals surface area contributed by atoms with E-state index < -0.39 is 0 Å². The number of benzene rings is 1. The van der Waals surface area contributed by atoms with Crippen molar-refractivity contribution in [1.82, 2.24) is 20.0 Å². The van der Waals surface area contributed by atoms with E-state index in [1.54, 1.807) is 14.2 Å². The van der Waals surface area contributed by atoms with Crippen molar-refractivity contribution in [2.75, 3.05) is 34.4 Å². The number of aliphatic imine (C=N–C) groups is 1. The SMILES string of the molecule is CN=C(NCCCn1nc(C)cc1C)N1CCc2cc(OC)c(OC)cc2C1. The Morgan fingerprint density at radius 1 is 1.14 bits per heavy atom. The molecule has 3 rings (SSSR count). The number of nitrogens with one attached hydrogen (secondary N) is 1. The Morgan fingerprint density at radius 2 is 1.86 bits per heavy atom. The molecule has 1 aromatic carbocycles. The number of nitrogens with zero attached hydrogens (tertiary/aromatic N) is 4. The minimum atomic E-state index is 0.774. The summed E-state index contributed by atoms with van der Waals surface area (Å²) in [7, 11) is 5.19. The van der Waals surface area contributed by atoms with Crippen molar-refractivity contribution in [3.8, 4) is 11.5 Å². The molecular formula is C21H31N5O2. The van der Waals surface area contributed by atoms with Gasteiger partial charge < -0.3 is 19.7 Å². The topological polar surface area (TPSA) is 63.9 Å². The van der Waals surface area contributed by atoms with Gasteiger partial charge in [0.25, 0.3) is 0 Å². The fourth-order valence-electron chi connectivity index (χ4n) is 3.73. The Bertz CT molecular complexity index is 844. The minimum absolute atomic E-state index is 0.774. The van der Waals surface area contributed by atoms with Gasteiger partial charge >= 0.3 is 0 Å². The molecule has 7 heteroatoms. The van der Waals surface area contributed by atoms with Crippen molar-refractivity contribution in [1.29, 1.82) is 0 Å². The lowest BCUT2D eigenvalue weighted by Crippen LogP contribution is -2.44. The highest BCUT2D eigenvalue weighted by Crippen LogP contribution is 2.33. The highest BCUT2D eigenvalue weighted by Gasteiger charge is 2.21. The molecule has 0 radical (unpaired) electrons. The summed E-state index contributed by atoms with van der Waals surface area (Å²) in [6, 6.07) is 6.29. The van der Waals surface area contributed by atoms with Gasteiger partial charge in [0, 0.05) is 38.9 Å². The van der Waals surface area contributed by atoms with Gasteiger partial charge in [0.05, 0.1) is 19.9 Å². The van der Waals surface area contributed by atoms with E-state index in [1.807, 2.05) is 14.0 Å². The van der Waals surface area contributed by atoms with Gasteiger partial charge in [0.1, 0.15) is 0 Å². The molecule has 1 N–H and O–H groups in total. The molecule has 0 bridgehead atoms. The average Bonchev–Trinajstić information content (AvgIpc) is 3.03. The fraction of sp³-hybridized carbons (Fsp3) is 0.524. The third kappa shape index (κ3) is 4.40. The molecule has 0 atom stereocenters. The maximum atomic E-state index is 5.46. The van der Waals surface area contributed by atoms with Gasteiger partial charge in [-0.15, -0.1) is 0 Å². The number of hydrogen-bond donors (Lipinski definition) is 1. The maximum absolute atomic E-state index is 5.46. The molecule has 1 aliphatic rings. The van der Waals surface area contributed by atoms with Crippen molar-refractivity contribution in [3.05, 3.63) is 40.7 Å². The van der Waals surface area contributed by atoms with Gasteiger partial charge in [-0.1, -0.05) is 0 Å². The van der Waals surface area contributed by atoms with Crippen LogP contribution in [0.4, 0.5) is 0 Å². The molecule has 2 heterocycles. The van der Waals surface area contributed by atoms with Crippen LogP contribution in [-0.2, 0) is 19.5 Å². The third-order valence-electron chi connectivity index (χ3n) is 5.16. The molecule has 1 aliphatic heterocycles. The minimum Gasteiger partial charge on any atom is -0.493 e. The number of aryl methyl sites for hydroxylation is 3. The summed E-state index contributed by atoms with van der Waals surface area (Å²) in [5.41, 5.74) is 4.85. The maximum Gasteiger partial charge on any atom is 0.193 e. The second-order valence-corrected chi connectivity index (χ2v) is 7.13. The molecule has 0 spiro atoms. The average molecular weight is 386 g/mol. The molecule has 0 saturated carbocycles. The molecule has 28 heavy (non-hydrogen) atoms. The highest BCUT2D eigenvalue weighted by molar-refractivity contribution is 5.80. The number of guanidine groups is 1. The van der Waals surface area contributed by atoms with Gasteiger partial charge in [-0.05, 0) is 56.0 Å². The van der Waals surface area contributed by atoms with Crippen molar-refractivity contribution in [3.63, 3.8) is 0 Å². The first-order chi connectivity index (χ1) is 13.5. The van der Waals surface area contributed by atoms with Crippen molar-refractivity contribution < 1.29 is 9.47 Å². The lowest BCUT2D eigenvalue weighted by atomic mass is 9.99. The Kier molecular flexibility index (Phi) is 6.44. The third-order valence-corrected chi connectivity index (χ3v) is 5.16. The summed E-state index contributed by atoms with van der Waals surface area (Å²) in [5.74, 6) is 2.51. The highest BCUT2D eigenvalue weighted by atomic mass is 16.5. The first-order valence-electron chi connectivity index (χ1n) is 9.76. The number of fused-ring (bicyclic) bond motifs is 1. The van der Waals surface area contributed by atoms with Crippen molar-refractivity contribution >= 4 is 5.96 Å². The van der Waals surface area contributed by atoms with Crippen LogP contribution in [0.25, 0.3) is 0 Å². The van der Waals surface area contributed by atoms with Gasteiger partial charge in [-0.2, -0.15) is 5.10 Å². The van der Waals surface area contributed by atoms with E-state index in [9.17, 15) is 0 Å². The lowest BCUT2D eigenvalue weighted by Gasteiger charge is -2.32. The molecule has 0 unspecified atom stereocenters. The van der Waals surface area contributed by atoms with Crippen molar-refractivity contribution in [2.45, 2.75) is 39.8 Å². The van der Waals surface area contributed by atoms with E-state index in [4.69, 9.17) is 9.47 Å². The van der Waals surface area contributed by atoms with Crippen LogP contribution in [-0.4, -0.2) is 55.0 Å². The Balaban J connectivity index is 1.57. The van der Waals surface area contributed by atoms with E-state index in [0.29, 0.717) is 0 Å². The second kappa shape index (κ2) is 8.99. The molecular weight excluding hydrogens is 354 g/mol. The standard InChI is InChI=1S/C21H31N5O2/c1-15-11-16(2)26(24-15)9-6-8-23-21(22-3)25-10-7-17-12-19(27-4)20(28-5)13-18(17)14-25/h11-13H,6-10,14H2,1-5H3,(H,22,23). The van der Waals surface area contributed by atoms with Crippen LogP contribution in [0, 0.1) is 13.8 Å². The molecule has 0 aliphatic carbocycles. The molecule has 7 nitrogen and oxygen atoms in total. The van der Waals surface area contributed by atoms with Gasteiger partial charge in [-0.25, -0.2) is 0 Å². The Hall–Kier alpha value is -2.70. The zero-order chi connectivity index (χ0) is 20.1. The summed E-state index contributed by atoms with van der Waals surface area (Å²) < 4.78 is 13.0. The van der Waals surface area contributed by atoms with Gasteiger partial charge in [-0.3, -0.25) is 9.67 Å². The van der Waals surface area contributed by atoms with Crippen LogP contribution in [0.2, 0.25) is 0 Å². The van der Waals surface area contributed by atoms with E-state index in [0.717, 1.165) is 62.2 Å². The van der Waals surface area contributed by atoms with E-state index >= 15 is 0 Å². The number of aromatic nitrogens is 2. The molecule has 2 aromatic rings. The molecule has 0 saturated heterocycles. The van der Waals surface area contributed by atoms with Gasteiger partial charge in [0.2, 0.25) is 0 Å². The largest absolute Gasteiger partial charge is 0.493 e. The predicted molar refractivity (Wildman–Crippen MR) is 111 cm³/mol. The Morgan fingerprint density at radius 3 is 2.46 bits per heavy atom. The first kappa shape index (κ1) is 20.0. The summed E-state index contributed by atoms with van der Waals surface area (Å²) in [5, 5.41) is 8.01. The normalized spacial score (nSPS) is 14.0. The van der Waals surface area contributed by atoms with Crippen LogP contribution < -0.4 is 14.8 Å². The zero-order valence-electron chi connectivity index (χ0n) is 17.6. The van der Waals surface area contributed by atoms with E-state index in [-0.39, 0.29) is 0 Å². The number of methoxy groups -OCH3 is 2. The van der Waals surface area contributed by atoms with Crippen LogP contribution in [0.5, 0.6) is 11.5 Å². The fourth-order valence-corrected chi connectivity index (χ4v) is 3.73. The smallest absolute Gasteiger partial charge is 0.193 e. The summed E-state index contributed by atoms with van der Waals surface area (Å²) in [6.07, 6.45) is 1.96. The summed E-state index contributed by atoms with van der Waals surface area (Å²) in [6.45, 7) is 7.64. The summed E-state index contributed by atoms with van der Waals surface area (Å²) in [4.78, 5) is 6.77. The Labute approximate surface area is 167 Å². The van der Waals surface area contributed by atoms with E-state index in [1.165, 1.54) is 16.8 Å². The molecule has 0 fully saturated rings. The molecule has 0 amide bonds. The van der Waals surface area contributed by atoms with Crippen molar-refractivity contribution in [2.24, 2.45) is 4.99 Å². The quantitative estimate of drug-likeness (QED) is 0.470. The van der Waals surface area contributed by atoms with E-state index in [2.05, 4.69) is 50.1 Å². The van der Waals surface area contributed by atoms with Gasteiger partial charge in [0.15, 0.2) is 17.5 Å². The molecule has 152 valence electrons. The monoisotopic (exact) mass is 385 g/mol. The van der Waals surface area contributed by atoms with Crippen LogP contribution >= 0.6 is 0 Å². The van der Waals surface area contributed by atoms with Crippen LogP contribution in [0.1, 0.15) is 28.9 Å². The first-order valence-corrected chi connectivity index (χ1v) is 9.76. The summed E-state index contributed by atoms with van der Waals surface area (Å²) >= 11 is 0. The number of ether oxygens (including phenoxy) is 2. The zero-order valence-corrected chi connectivity index (χ0v) is 17.6. The molecule has 1 aromatic heterocycles. The predicted octanol–water partition coefficient (Wildman–Crippen LogP) is 2.54. The number of rotatable bonds is 6. The lowest BCUT2D eigenvalue weighted by molar-refractivity contribution is 0.345. The second-order valence-electron chi connectivity index (χ2n) is 7.13. The van der Waals surface area contributed by atoms with Crippen LogP contribution in [0.3, 0.4) is 0 Å². The number of hydrogen-bond acceptors (Lipinski definition) is 4. The van der Waals surface area contributed by atoms with Crippen LogP contribution in [0.15, 0.2) is 23.2 Å².